The van der Waals surface area contributed by atoms with E-state index in [0.717, 1.165) is 0 Å². The van der Waals surface area contributed by atoms with Crippen molar-refractivity contribution < 1.29 is 13.2 Å². The van der Waals surface area contributed by atoms with Crippen molar-refractivity contribution in [3.8, 4) is 0 Å². The van der Waals surface area contributed by atoms with Crippen LogP contribution in [-0.4, -0.2) is 29.2 Å². The minimum absolute atomic E-state index is 0.0312. The number of halogens is 4. The zero-order valence-corrected chi connectivity index (χ0v) is 13.9. The molecule has 3 nitrogen and oxygen atoms in total. The average molecular weight is 366 g/mol. The van der Waals surface area contributed by atoms with Gasteiger partial charge in [-0.1, -0.05) is 20.8 Å². The maximum absolute atomic E-state index is 12.9. The summed E-state index contributed by atoms with van der Waals surface area (Å²) in [5, 5.41) is 0. The molecule has 1 fully saturated rings. The van der Waals surface area contributed by atoms with Crippen LogP contribution in [-0.2, 0) is 5.41 Å². The number of rotatable bonds is 1. The molecule has 1 aliphatic heterocycles. The number of alkyl halides is 3. The minimum atomic E-state index is -4.14. The van der Waals surface area contributed by atoms with E-state index in [4.69, 9.17) is 0 Å². The summed E-state index contributed by atoms with van der Waals surface area (Å²) in [6.45, 7) is 6.50. The Labute approximate surface area is 131 Å². The molecule has 0 saturated carbocycles. The van der Waals surface area contributed by atoms with E-state index in [1.54, 1.807) is 11.0 Å². The summed E-state index contributed by atoms with van der Waals surface area (Å²) in [7, 11) is 0. The Morgan fingerprint density at radius 3 is 2.48 bits per heavy atom. The van der Waals surface area contributed by atoms with Gasteiger partial charge in [0.1, 0.15) is 16.2 Å². The molecule has 1 aliphatic rings. The SMILES string of the molecule is CC(C)(C)c1nc(Br)cc(N2CCCC(C(F)(F)F)C2)n1. The van der Waals surface area contributed by atoms with E-state index in [9.17, 15) is 13.2 Å². The zero-order valence-electron chi connectivity index (χ0n) is 12.3. The number of nitrogens with zero attached hydrogens (tertiary/aromatic N) is 3. The summed E-state index contributed by atoms with van der Waals surface area (Å²) in [5.41, 5.74) is -0.252. The van der Waals surface area contributed by atoms with E-state index in [-0.39, 0.29) is 18.4 Å². The van der Waals surface area contributed by atoms with Crippen LogP contribution in [0.3, 0.4) is 0 Å². The highest BCUT2D eigenvalue weighted by atomic mass is 79.9. The van der Waals surface area contributed by atoms with Gasteiger partial charge in [0.15, 0.2) is 0 Å². The summed E-state index contributed by atoms with van der Waals surface area (Å²) in [4.78, 5) is 10.5. The second-order valence-electron chi connectivity index (χ2n) is 6.45. The number of hydrogen-bond donors (Lipinski definition) is 0. The largest absolute Gasteiger partial charge is 0.393 e. The fraction of sp³-hybridized carbons (Fsp3) is 0.714. The summed E-state index contributed by atoms with van der Waals surface area (Å²) in [6, 6.07) is 1.69. The predicted molar refractivity (Wildman–Crippen MR) is 79.4 cm³/mol. The van der Waals surface area contributed by atoms with Gasteiger partial charge in [-0.05, 0) is 28.8 Å². The van der Waals surface area contributed by atoms with Crippen LogP contribution < -0.4 is 4.90 Å². The van der Waals surface area contributed by atoms with E-state index in [2.05, 4.69) is 25.9 Å². The summed E-state index contributed by atoms with van der Waals surface area (Å²) >= 11 is 3.33. The highest BCUT2D eigenvalue weighted by Gasteiger charge is 2.42. The van der Waals surface area contributed by atoms with Crippen LogP contribution in [0.15, 0.2) is 10.7 Å². The quantitative estimate of drug-likeness (QED) is 0.694. The van der Waals surface area contributed by atoms with Crippen molar-refractivity contribution in [1.29, 1.82) is 0 Å². The fourth-order valence-corrected chi connectivity index (χ4v) is 2.73. The lowest BCUT2D eigenvalue weighted by atomic mass is 9.95. The van der Waals surface area contributed by atoms with Crippen LogP contribution in [0.4, 0.5) is 19.0 Å². The topological polar surface area (TPSA) is 29.0 Å². The van der Waals surface area contributed by atoms with Gasteiger partial charge >= 0.3 is 6.18 Å². The summed E-state index contributed by atoms with van der Waals surface area (Å²) in [5.74, 6) is -0.0881. The van der Waals surface area contributed by atoms with Crippen molar-refractivity contribution in [2.45, 2.75) is 45.2 Å². The molecule has 0 aliphatic carbocycles. The van der Waals surface area contributed by atoms with Gasteiger partial charge in [-0.15, -0.1) is 0 Å². The summed E-state index contributed by atoms with van der Waals surface area (Å²) < 4.78 is 39.3. The molecule has 0 bridgehead atoms. The molecule has 1 aromatic heterocycles. The second kappa shape index (κ2) is 5.74. The maximum atomic E-state index is 12.9. The first-order valence-electron chi connectivity index (χ1n) is 6.94. The van der Waals surface area contributed by atoms with Crippen molar-refractivity contribution in [3.63, 3.8) is 0 Å². The molecule has 0 spiro atoms. The van der Waals surface area contributed by atoms with Gasteiger partial charge < -0.3 is 4.90 Å². The molecule has 1 unspecified atom stereocenters. The molecule has 0 radical (unpaired) electrons. The molecule has 0 aromatic carbocycles. The minimum Gasteiger partial charge on any atom is -0.356 e. The van der Waals surface area contributed by atoms with Gasteiger partial charge in [-0.3, -0.25) is 0 Å². The third kappa shape index (κ3) is 4.08. The molecule has 1 aromatic rings. The van der Waals surface area contributed by atoms with Crippen molar-refractivity contribution in [3.05, 3.63) is 16.5 Å². The van der Waals surface area contributed by atoms with Crippen molar-refractivity contribution >= 4 is 21.7 Å². The van der Waals surface area contributed by atoms with Gasteiger partial charge in [0.2, 0.25) is 0 Å². The first-order chi connectivity index (χ1) is 9.57. The smallest absolute Gasteiger partial charge is 0.356 e. The number of anilines is 1. The maximum Gasteiger partial charge on any atom is 0.393 e. The van der Waals surface area contributed by atoms with Crippen LogP contribution in [0.25, 0.3) is 0 Å². The predicted octanol–water partition coefficient (Wildman–Crippen LogP) is 4.32. The Morgan fingerprint density at radius 1 is 1.24 bits per heavy atom. The molecule has 2 heterocycles. The molecule has 2 rings (SSSR count). The average Bonchev–Trinajstić information content (AvgIpc) is 2.36. The molecule has 0 N–H and O–H groups in total. The number of aromatic nitrogens is 2. The third-order valence-electron chi connectivity index (χ3n) is 3.56. The first kappa shape index (κ1) is 16.5. The highest BCUT2D eigenvalue weighted by Crippen LogP contribution is 2.35. The Morgan fingerprint density at radius 2 is 1.90 bits per heavy atom. The third-order valence-corrected chi connectivity index (χ3v) is 3.97. The molecule has 1 saturated heterocycles. The van der Waals surface area contributed by atoms with Gasteiger partial charge in [-0.2, -0.15) is 13.2 Å². The van der Waals surface area contributed by atoms with E-state index in [1.807, 2.05) is 20.8 Å². The first-order valence-corrected chi connectivity index (χ1v) is 7.73. The summed E-state index contributed by atoms with van der Waals surface area (Å²) in [6.07, 6.45) is -3.43. The van der Waals surface area contributed by atoms with Crippen LogP contribution in [0, 0.1) is 5.92 Å². The van der Waals surface area contributed by atoms with E-state index in [0.29, 0.717) is 29.2 Å². The molecule has 7 heteroatoms. The van der Waals surface area contributed by atoms with Crippen LogP contribution in [0.2, 0.25) is 0 Å². The fourth-order valence-electron chi connectivity index (χ4n) is 2.36. The van der Waals surface area contributed by atoms with Crippen molar-refractivity contribution in [1.82, 2.24) is 9.97 Å². The van der Waals surface area contributed by atoms with Crippen molar-refractivity contribution in [2.75, 3.05) is 18.0 Å². The Hall–Kier alpha value is -0.850. The zero-order chi connectivity index (χ0) is 15.8. The Balaban J connectivity index is 2.27. The molecule has 21 heavy (non-hydrogen) atoms. The normalized spacial score (nSPS) is 20.7. The Kier molecular flexibility index (Phi) is 4.52. The molecule has 118 valence electrons. The lowest BCUT2D eigenvalue weighted by Gasteiger charge is -2.35. The Bertz CT molecular complexity index is 511. The lowest BCUT2D eigenvalue weighted by Crippen LogP contribution is -2.42. The highest BCUT2D eigenvalue weighted by molar-refractivity contribution is 9.10. The second-order valence-corrected chi connectivity index (χ2v) is 7.26. The van der Waals surface area contributed by atoms with Gasteiger partial charge in [0, 0.05) is 24.6 Å². The van der Waals surface area contributed by atoms with E-state index in [1.165, 1.54) is 0 Å². The van der Waals surface area contributed by atoms with Gasteiger partial charge in [0.05, 0.1) is 5.92 Å². The van der Waals surface area contributed by atoms with E-state index >= 15 is 0 Å². The standard InChI is InChI=1S/C14H19BrF3N3/c1-13(2,3)12-19-10(15)7-11(20-12)21-6-4-5-9(8-21)14(16,17)18/h7,9H,4-6,8H2,1-3H3. The molecular weight excluding hydrogens is 347 g/mol. The monoisotopic (exact) mass is 365 g/mol. The van der Waals surface area contributed by atoms with Gasteiger partial charge in [0.25, 0.3) is 0 Å². The van der Waals surface area contributed by atoms with Crippen LogP contribution >= 0.6 is 15.9 Å². The number of hydrogen-bond acceptors (Lipinski definition) is 3. The molecule has 0 amide bonds. The van der Waals surface area contributed by atoms with Crippen molar-refractivity contribution in [2.24, 2.45) is 5.92 Å². The van der Waals surface area contributed by atoms with Crippen LogP contribution in [0.5, 0.6) is 0 Å². The number of piperidine rings is 1. The molecule has 1 atom stereocenters. The van der Waals surface area contributed by atoms with E-state index < -0.39 is 12.1 Å². The molecular formula is C14H19BrF3N3. The lowest BCUT2D eigenvalue weighted by molar-refractivity contribution is -0.176. The van der Waals surface area contributed by atoms with Crippen LogP contribution in [0.1, 0.15) is 39.4 Å². The van der Waals surface area contributed by atoms with Gasteiger partial charge in [-0.25, -0.2) is 9.97 Å².